The fraction of sp³-hybridized carbons (Fsp3) is 0.111. The van der Waals surface area contributed by atoms with Crippen LogP contribution in [0.2, 0.25) is 0 Å². The Kier molecular flexibility index (Phi) is 4.85. The van der Waals surface area contributed by atoms with Gasteiger partial charge in [0.1, 0.15) is 5.01 Å². The molecule has 25 heavy (non-hydrogen) atoms. The van der Waals surface area contributed by atoms with Crippen molar-refractivity contribution in [3.8, 4) is 0 Å². The highest BCUT2D eigenvalue weighted by molar-refractivity contribution is 7.19. The molecule has 0 saturated heterocycles. The second kappa shape index (κ2) is 7.23. The maximum absolute atomic E-state index is 11.0. The van der Waals surface area contributed by atoms with Crippen LogP contribution in [0.3, 0.4) is 0 Å². The number of non-ortho nitro benzene ring substituents is 1. The van der Waals surface area contributed by atoms with E-state index in [0.29, 0.717) is 12.0 Å². The molecule has 6 nitrogen and oxygen atoms in total. The van der Waals surface area contributed by atoms with Crippen LogP contribution in [0.25, 0.3) is 21.9 Å². The molecule has 0 fully saturated rings. The number of carbonyl (C=O) groups is 1. The van der Waals surface area contributed by atoms with Crippen LogP contribution in [-0.4, -0.2) is 21.0 Å². The van der Waals surface area contributed by atoms with E-state index < -0.39 is 10.9 Å². The molecule has 0 aliphatic carbocycles. The molecule has 2 aromatic carbocycles. The second-order valence-corrected chi connectivity index (χ2v) is 6.43. The Labute approximate surface area is 147 Å². The zero-order valence-corrected chi connectivity index (χ0v) is 13.9. The lowest BCUT2D eigenvalue weighted by molar-refractivity contribution is -0.384. The van der Waals surface area contributed by atoms with Crippen molar-refractivity contribution in [1.29, 1.82) is 0 Å². The van der Waals surface area contributed by atoms with E-state index in [1.54, 1.807) is 18.2 Å². The minimum atomic E-state index is -0.897. The highest BCUT2D eigenvalue weighted by Crippen LogP contribution is 2.31. The molecule has 1 heterocycles. The van der Waals surface area contributed by atoms with Crippen LogP contribution in [-0.2, 0) is 4.79 Å². The third kappa shape index (κ3) is 4.07. The number of rotatable bonds is 6. The molecule has 3 aromatic rings. The Morgan fingerprint density at radius 3 is 2.72 bits per heavy atom. The van der Waals surface area contributed by atoms with Crippen LogP contribution in [0.15, 0.2) is 48.5 Å². The first kappa shape index (κ1) is 16.8. The number of carboxylic acid groups (broad SMARTS) is 1. The maximum atomic E-state index is 11.0. The number of fused-ring (bicyclic) bond motifs is 1. The monoisotopic (exact) mass is 354 g/mol. The number of hydrogen-bond acceptors (Lipinski definition) is 5. The molecule has 0 amide bonds. The lowest BCUT2D eigenvalue weighted by Gasteiger charge is -2.03. The lowest BCUT2D eigenvalue weighted by atomic mass is 10.1. The van der Waals surface area contributed by atoms with Gasteiger partial charge in [-0.2, -0.15) is 0 Å². The van der Waals surface area contributed by atoms with Gasteiger partial charge in [-0.3, -0.25) is 14.9 Å². The van der Waals surface area contributed by atoms with Gasteiger partial charge in [0.05, 0.1) is 15.1 Å². The summed E-state index contributed by atoms with van der Waals surface area (Å²) in [4.78, 5) is 26.0. The topological polar surface area (TPSA) is 93.3 Å². The van der Waals surface area contributed by atoms with Crippen LogP contribution in [0, 0.1) is 10.1 Å². The molecule has 0 spiro atoms. The summed E-state index contributed by atoms with van der Waals surface area (Å²) >= 11 is 1.48. The number of hydrogen-bond donors (Lipinski definition) is 1. The summed E-state index contributed by atoms with van der Waals surface area (Å²) in [5.41, 5.74) is 2.25. The number of nitrogens with zero attached hydrogens (tertiary/aromatic N) is 2. The summed E-state index contributed by atoms with van der Waals surface area (Å²) in [5.74, 6) is -0.897. The van der Waals surface area contributed by atoms with Crippen molar-refractivity contribution in [3.05, 3.63) is 69.2 Å². The molecule has 0 saturated carbocycles. The number of carboxylic acids is 1. The Hall–Kier alpha value is -3.06. The molecule has 0 unspecified atom stereocenters. The summed E-state index contributed by atoms with van der Waals surface area (Å²) in [5, 5.41) is 20.7. The number of aliphatic carboxylic acids is 1. The minimum Gasteiger partial charge on any atom is -0.481 e. The first-order valence-corrected chi connectivity index (χ1v) is 8.37. The Bertz CT molecular complexity index is 945. The van der Waals surface area contributed by atoms with E-state index in [1.807, 2.05) is 24.3 Å². The molecule has 0 aliphatic heterocycles. The minimum absolute atomic E-state index is 0.00404. The largest absolute Gasteiger partial charge is 0.481 e. The predicted molar refractivity (Wildman–Crippen MR) is 97.5 cm³/mol. The predicted octanol–water partition coefficient (Wildman–Crippen LogP) is 4.61. The van der Waals surface area contributed by atoms with Crippen LogP contribution in [0.1, 0.15) is 23.4 Å². The number of benzene rings is 2. The van der Waals surface area contributed by atoms with Gasteiger partial charge >= 0.3 is 5.97 Å². The lowest BCUT2D eigenvalue weighted by Crippen LogP contribution is -1.95. The number of thiazole rings is 1. The zero-order chi connectivity index (χ0) is 17.8. The van der Waals surface area contributed by atoms with Gasteiger partial charge in [-0.15, -0.1) is 11.3 Å². The molecular formula is C18H14N2O4S. The number of nitro groups is 1. The summed E-state index contributed by atoms with van der Waals surface area (Å²) in [6.07, 6.45) is 2.04. The van der Waals surface area contributed by atoms with Crippen LogP contribution in [0.5, 0.6) is 0 Å². The van der Waals surface area contributed by atoms with Crippen LogP contribution in [0.4, 0.5) is 5.69 Å². The van der Waals surface area contributed by atoms with E-state index in [2.05, 4.69) is 4.98 Å². The van der Waals surface area contributed by atoms with Crippen molar-refractivity contribution < 1.29 is 14.8 Å². The van der Waals surface area contributed by atoms with E-state index in [9.17, 15) is 14.9 Å². The van der Waals surface area contributed by atoms with Gasteiger partial charge in [-0.05, 0) is 35.8 Å². The molecule has 1 N–H and O–H groups in total. The van der Waals surface area contributed by atoms with Crippen LogP contribution >= 0.6 is 11.3 Å². The Balaban J connectivity index is 2.03. The molecule has 7 heteroatoms. The average Bonchev–Trinajstić information content (AvgIpc) is 3.02. The van der Waals surface area contributed by atoms with Gasteiger partial charge in [-0.1, -0.05) is 24.3 Å². The SMILES string of the molecule is O=C(O)CC/C(=C/c1cccc([N+](=O)[O-])c1)c1nc2ccccc2s1. The molecule has 0 bridgehead atoms. The van der Waals surface area contributed by atoms with E-state index in [4.69, 9.17) is 5.11 Å². The number of allylic oxidation sites excluding steroid dienone is 1. The van der Waals surface area contributed by atoms with Crippen molar-refractivity contribution in [3.63, 3.8) is 0 Å². The third-order valence-corrected chi connectivity index (χ3v) is 4.71. The Morgan fingerprint density at radius 1 is 1.20 bits per heavy atom. The van der Waals surface area contributed by atoms with E-state index in [0.717, 1.165) is 20.8 Å². The van der Waals surface area contributed by atoms with Gasteiger partial charge in [0, 0.05) is 18.6 Å². The van der Waals surface area contributed by atoms with Gasteiger partial charge < -0.3 is 5.11 Å². The molecule has 1 aromatic heterocycles. The number of nitro benzene ring substituents is 1. The summed E-state index contributed by atoms with van der Waals surface area (Å²) in [6, 6.07) is 13.9. The first-order chi connectivity index (χ1) is 12.0. The summed E-state index contributed by atoms with van der Waals surface area (Å²) in [7, 11) is 0. The van der Waals surface area contributed by atoms with Gasteiger partial charge in [-0.25, -0.2) is 4.98 Å². The van der Waals surface area contributed by atoms with Crippen molar-refractivity contribution in [2.75, 3.05) is 0 Å². The third-order valence-electron chi connectivity index (χ3n) is 3.60. The molecule has 126 valence electrons. The highest BCUT2D eigenvalue weighted by atomic mass is 32.1. The fourth-order valence-electron chi connectivity index (χ4n) is 2.42. The van der Waals surface area contributed by atoms with Crippen molar-refractivity contribution >= 4 is 44.9 Å². The zero-order valence-electron chi connectivity index (χ0n) is 13.1. The normalized spacial score (nSPS) is 11.6. The van der Waals surface area contributed by atoms with E-state index in [-0.39, 0.29) is 12.1 Å². The Morgan fingerprint density at radius 2 is 2.00 bits per heavy atom. The first-order valence-electron chi connectivity index (χ1n) is 7.56. The maximum Gasteiger partial charge on any atom is 0.303 e. The van der Waals surface area contributed by atoms with E-state index >= 15 is 0 Å². The fourth-order valence-corrected chi connectivity index (χ4v) is 3.43. The smallest absolute Gasteiger partial charge is 0.303 e. The molecule has 0 aliphatic rings. The number of para-hydroxylation sites is 1. The average molecular weight is 354 g/mol. The second-order valence-electron chi connectivity index (χ2n) is 5.40. The van der Waals surface area contributed by atoms with E-state index in [1.165, 1.54) is 23.5 Å². The van der Waals surface area contributed by atoms with Crippen molar-refractivity contribution in [2.24, 2.45) is 0 Å². The highest BCUT2D eigenvalue weighted by Gasteiger charge is 2.12. The van der Waals surface area contributed by atoms with Gasteiger partial charge in [0.2, 0.25) is 0 Å². The van der Waals surface area contributed by atoms with Crippen molar-refractivity contribution in [1.82, 2.24) is 4.98 Å². The standard InChI is InChI=1S/C18H14N2O4S/c21-17(22)9-8-13(10-12-4-3-5-14(11-12)20(23)24)18-19-15-6-1-2-7-16(15)25-18/h1-7,10-11H,8-9H2,(H,21,22)/b13-10-. The van der Waals surface area contributed by atoms with Crippen LogP contribution < -0.4 is 0 Å². The van der Waals surface area contributed by atoms with Gasteiger partial charge in [0.15, 0.2) is 0 Å². The van der Waals surface area contributed by atoms with Crippen molar-refractivity contribution in [2.45, 2.75) is 12.8 Å². The number of aromatic nitrogens is 1. The molecule has 0 radical (unpaired) electrons. The molecule has 3 rings (SSSR count). The summed E-state index contributed by atoms with van der Waals surface area (Å²) in [6.45, 7) is 0. The quantitative estimate of drug-likeness (QED) is 0.515. The molecule has 0 atom stereocenters. The summed E-state index contributed by atoms with van der Waals surface area (Å²) < 4.78 is 1.01. The molecular weight excluding hydrogens is 340 g/mol. The van der Waals surface area contributed by atoms with Gasteiger partial charge in [0.25, 0.3) is 5.69 Å².